The normalized spacial score (nSPS) is 22.6. The molecule has 8 heteroatoms. The third-order valence-corrected chi connectivity index (χ3v) is 5.42. The number of carbonyl (C=O) groups excluding carboxylic acids is 2. The number of hydrogen-bond acceptors (Lipinski definition) is 5. The standard InChI is InChI=1S/C21H29ClN2O5/c1-16(2)20(26)24-8-11-29-21(14-24,13-19(25)23-6-9-27-10-7-23)15-28-18-5-3-4-17(22)12-18/h3-5,12,16H,6-11,13-15H2,1-2H3/t21-/m1/s1. The van der Waals surface area contributed by atoms with Crippen LogP contribution in [0.3, 0.4) is 0 Å². The summed E-state index contributed by atoms with van der Waals surface area (Å²) in [4.78, 5) is 29.1. The Kier molecular flexibility index (Phi) is 7.38. The molecule has 2 amide bonds. The predicted molar refractivity (Wildman–Crippen MR) is 109 cm³/mol. The first-order chi connectivity index (χ1) is 13.9. The summed E-state index contributed by atoms with van der Waals surface area (Å²) in [5, 5.41) is 0.571. The van der Waals surface area contributed by atoms with Gasteiger partial charge in [0.25, 0.3) is 0 Å². The lowest BCUT2D eigenvalue weighted by molar-refractivity contribution is -0.168. The summed E-state index contributed by atoms with van der Waals surface area (Å²) in [6.07, 6.45) is 0.148. The largest absolute Gasteiger partial charge is 0.490 e. The maximum absolute atomic E-state index is 13.0. The first kappa shape index (κ1) is 21.9. The first-order valence-electron chi connectivity index (χ1n) is 10.1. The van der Waals surface area contributed by atoms with Crippen molar-refractivity contribution in [2.45, 2.75) is 25.9 Å². The maximum Gasteiger partial charge on any atom is 0.225 e. The smallest absolute Gasteiger partial charge is 0.225 e. The van der Waals surface area contributed by atoms with Crippen molar-refractivity contribution in [2.75, 3.05) is 52.6 Å². The van der Waals surface area contributed by atoms with Crippen LogP contribution in [-0.4, -0.2) is 79.8 Å². The number of morpholine rings is 2. The maximum atomic E-state index is 13.0. The number of halogens is 1. The van der Waals surface area contributed by atoms with Crippen LogP contribution in [0.15, 0.2) is 24.3 Å². The van der Waals surface area contributed by atoms with Crippen molar-refractivity contribution < 1.29 is 23.8 Å². The van der Waals surface area contributed by atoms with Crippen molar-refractivity contribution in [2.24, 2.45) is 5.92 Å². The van der Waals surface area contributed by atoms with Crippen LogP contribution in [0, 0.1) is 5.92 Å². The van der Waals surface area contributed by atoms with Gasteiger partial charge in [0, 0.05) is 30.6 Å². The molecular weight excluding hydrogens is 396 g/mol. The quantitative estimate of drug-likeness (QED) is 0.700. The summed E-state index contributed by atoms with van der Waals surface area (Å²) in [6.45, 7) is 7.33. The summed E-state index contributed by atoms with van der Waals surface area (Å²) >= 11 is 6.05. The summed E-state index contributed by atoms with van der Waals surface area (Å²) < 4.78 is 17.4. The fourth-order valence-corrected chi connectivity index (χ4v) is 3.80. The summed E-state index contributed by atoms with van der Waals surface area (Å²) in [5.41, 5.74) is -0.902. The third-order valence-electron chi connectivity index (χ3n) is 5.19. The van der Waals surface area contributed by atoms with E-state index in [1.54, 1.807) is 28.0 Å². The summed E-state index contributed by atoms with van der Waals surface area (Å²) in [7, 11) is 0. The van der Waals surface area contributed by atoms with Gasteiger partial charge in [0.1, 0.15) is 18.0 Å². The van der Waals surface area contributed by atoms with E-state index >= 15 is 0 Å². The zero-order chi connectivity index (χ0) is 20.9. The van der Waals surface area contributed by atoms with Gasteiger partial charge in [-0.05, 0) is 18.2 Å². The van der Waals surface area contributed by atoms with Crippen molar-refractivity contribution in [3.8, 4) is 5.75 Å². The van der Waals surface area contributed by atoms with Crippen molar-refractivity contribution in [3.63, 3.8) is 0 Å². The van der Waals surface area contributed by atoms with E-state index in [1.807, 2.05) is 19.9 Å². The van der Waals surface area contributed by atoms with E-state index in [0.717, 1.165) is 0 Å². The molecule has 0 aromatic heterocycles. The third kappa shape index (κ3) is 5.84. The molecule has 3 rings (SSSR count). The SMILES string of the molecule is CC(C)C(=O)N1CCO[C@](COc2cccc(Cl)c2)(CC(=O)N2CCOCC2)C1. The number of nitrogens with zero attached hydrogens (tertiary/aromatic N) is 2. The highest BCUT2D eigenvalue weighted by atomic mass is 35.5. The highest BCUT2D eigenvalue weighted by Gasteiger charge is 2.42. The molecule has 0 aliphatic carbocycles. The number of benzene rings is 1. The Morgan fingerprint density at radius 3 is 2.59 bits per heavy atom. The Bertz CT molecular complexity index is 723. The number of ether oxygens (including phenoxy) is 3. The van der Waals surface area contributed by atoms with E-state index in [1.165, 1.54) is 0 Å². The van der Waals surface area contributed by atoms with Gasteiger partial charge in [0.05, 0.1) is 32.8 Å². The van der Waals surface area contributed by atoms with Gasteiger partial charge in [-0.15, -0.1) is 0 Å². The lowest BCUT2D eigenvalue weighted by Crippen LogP contribution is -2.59. The number of carbonyl (C=O) groups is 2. The Balaban J connectivity index is 1.75. The van der Waals surface area contributed by atoms with Gasteiger partial charge in [-0.25, -0.2) is 0 Å². The average Bonchev–Trinajstić information content (AvgIpc) is 2.72. The van der Waals surface area contributed by atoms with E-state index in [-0.39, 0.29) is 30.8 Å². The molecule has 2 fully saturated rings. The number of amides is 2. The molecule has 1 aromatic carbocycles. The fraction of sp³-hybridized carbons (Fsp3) is 0.619. The molecule has 29 heavy (non-hydrogen) atoms. The van der Waals surface area contributed by atoms with Crippen molar-refractivity contribution in [1.29, 1.82) is 0 Å². The Labute approximate surface area is 176 Å². The molecule has 0 N–H and O–H groups in total. The second-order valence-electron chi connectivity index (χ2n) is 7.86. The van der Waals surface area contributed by atoms with Crippen LogP contribution in [0.5, 0.6) is 5.75 Å². The zero-order valence-corrected chi connectivity index (χ0v) is 17.8. The molecule has 0 radical (unpaired) electrons. The highest BCUT2D eigenvalue weighted by molar-refractivity contribution is 6.30. The molecule has 1 atom stereocenters. The van der Waals surface area contributed by atoms with Crippen LogP contribution in [0.1, 0.15) is 20.3 Å². The lowest BCUT2D eigenvalue weighted by Gasteiger charge is -2.43. The minimum Gasteiger partial charge on any atom is -0.490 e. The van der Waals surface area contributed by atoms with Crippen LogP contribution in [0.2, 0.25) is 5.02 Å². The second kappa shape index (κ2) is 9.78. The Morgan fingerprint density at radius 2 is 1.90 bits per heavy atom. The molecule has 0 spiro atoms. The molecule has 1 aromatic rings. The molecule has 160 valence electrons. The van der Waals surface area contributed by atoms with E-state index in [2.05, 4.69) is 0 Å². The van der Waals surface area contributed by atoms with Gasteiger partial charge in [-0.3, -0.25) is 9.59 Å². The molecular formula is C21H29ClN2O5. The fourth-order valence-electron chi connectivity index (χ4n) is 3.62. The molecule has 0 bridgehead atoms. The first-order valence-corrected chi connectivity index (χ1v) is 10.4. The average molecular weight is 425 g/mol. The summed E-state index contributed by atoms with van der Waals surface area (Å²) in [5.74, 6) is 0.530. The Morgan fingerprint density at radius 1 is 1.17 bits per heavy atom. The van der Waals surface area contributed by atoms with E-state index in [0.29, 0.717) is 56.8 Å². The van der Waals surface area contributed by atoms with Crippen LogP contribution < -0.4 is 4.74 Å². The van der Waals surface area contributed by atoms with Crippen LogP contribution in [0.4, 0.5) is 0 Å². The molecule has 0 unspecified atom stereocenters. The van der Waals surface area contributed by atoms with Gasteiger partial charge in [0.2, 0.25) is 11.8 Å². The van der Waals surface area contributed by atoms with Gasteiger partial charge in [0.15, 0.2) is 0 Å². The van der Waals surface area contributed by atoms with Crippen LogP contribution in [0.25, 0.3) is 0 Å². The van der Waals surface area contributed by atoms with Gasteiger partial charge in [-0.2, -0.15) is 0 Å². The Hall–Kier alpha value is -1.83. The molecule has 2 heterocycles. The van der Waals surface area contributed by atoms with E-state index < -0.39 is 5.60 Å². The molecule has 2 aliphatic heterocycles. The molecule has 7 nitrogen and oxygen atoms in total. The van der Waals surface area contributed by atoms with Crippen molar-refractivity contribution >= 4 is 23.4 Å². The topological polar surface area (TPSA) is 68.3 Å². The number of rotatable bonds is 6. The molecule has 0 saturated carbocycles. The van der Waals surface area contributed by atoms with E-state index in [4.69, 9.17) is 25.8 Å². The van der Waals surface area contributed by atoms with Gasteiger partial charge in [-0.1, -0.05) is 31.5 Å². The van der Waals surface area contributed by atoms with E-state index in [9.17, 15) is 9.59 Å². The van der Waals surface area contributed by atoms with Crippen LogP contribution >= 0.6 is 11.6 Å². The van der Waals surface area contributed by atoms with Crippen molar-refractivity contribution in [3.05, 3.63) is 29.3 Å². The predicted octanol–water partition coefficient (Wildman–Crippen LogP) is 2.22. The highest BCUT2D eigenvalue weighted by Crippen LogP contribution is 2.27. The molecule has 2 aliphatic rings. The van der Waals surface area contributed by atoms with Crippen LogP contribution in [-0.2, 0) is 19.1 Å². The monoisotopic (exact) mass is 424 g/mol. The lowest BCUT2D eigenvalue weighted by atomic mass is 9.96. The zero-order valence-electron chi connectivity index (χ0n) is 17.1. The minimum absolute atomic E-state index is 0.0122. The van der Waals surface area contributed by atoms with Gasteiger partial charge >= 0.3 is 0 Å². The number of hydrogen-bond donors (Lipinski definition) is 0. The van der Waals surface area contributed by atoms with Gasteiger partial charge < -0.3 is 24.0 Å². The van der Waals surface area contributed by atoms with Crippen molar-refractivity contribution in [1.82, 2.24) is 9.80 Å². The second-order valence-corrected chi connectivity index (χ2v) is 8.30. The summed E-state index contributed by atoms with van der Waals surface area (Å²) in [6, 6.07) is 7.11. The minimum atomic E-state index is -0.902. The molecule has 2 saturated heterocycles.